The monoisotopic (exact) mass is 457 g/mol. The average Bonchev–Trinajstić information content (AvgIpc) is 3.52. The van der Waals surface area contributed by atoms with Crippen LogP contribution in [0.15, 0.2) is 54.9 Å². The number of ether oxygens (including phenoxy) is 1. The lowest BCUT2D eigenvalue weighted by atomic mass is 10.0. The molecule has 34 heavy (non-hydrogen) atoms. The number of H-pyrrole nitrogens is 1. The van der Waals surface area contributed by atoms with Gasteiger partial charge in [-0.15, -0.1) is 5.10 Å². The molecule has 0 radical (unpaired) electrons. The van der Waals surface area contributed by atoms with Gasteiger partial charge in [0.2, 0.25) is 0 Å². The van der Waals surface area contributed by atoms with Gasteiger partial charge in [0.1, 0.15) is 11.8 Å². The van der Waals surface area contributed by atoms with Gasteiger partial charge in [0.05, 0.1) is 36.2 Å². The van der Waals surface area contributed by atoms with Gasteiger partial charge in [-0.25, -0.2) is 9.67 Å². The first-order valence-corrected chi connectivity index (χ1v) is 11.8. The molecule has 2 aliphatic rings. The van der Waals surface area contributed by atoms with Gasteiger partial charge in [0, 0.05) is 31.2 Å². The van der Waals surface area contributed by atoms with Gasteiger partial charge in [0.25, 0.3) is 5.91 Å². The molecule has 4 heterocycles. The number of aromatic amines is 1. The number of aromatic nitrogens is 5. The highest BCUT2D eigenvalue weighted by atomic mass is 16.5. The predicted octanol–water partition coefficient (Wildman–Crippen LogP) is 2.82. The van der Waals surface area contributed by atoms with E-state index in [4.69, 9.17) is 4.74 Å². The number of hydrogen-bond acceptors (Lipinski definition) is 6. The smallest absolute Gasteiger partial charge is 0.251 e. The van der Waals surface area contributed by atoms with Crippen molar-refractivity contribution < 1.29 is 9.53 Å². The third-order valence-electron chi connectivity index (χ3n) is 6.83. The van der Waals surface area contributed by atoms with Crippen molar-refractivity contribution in [3.05, 3.63) is 77.4 Å². The second kappa shape index (κ2) is 9.00. The van der Waals surface area contributed by atoms with Crippen LogP contribution >= 0.6 is 0 Å². The number of hydrogen-bond donors (Lipinski definition) is 2. The van der Waals surface area contributed by atoms with Gasteiger partial charge in [-0.3, -0.25) is 9.69 Å². The van der Waals surface area contributed by atoms with E-state index >= 15 is 0 Å². The van der Waals surface area contributed by atoms with Crippen LogP contribution in [0.3, 0.4) is 0 Å². The fourth-order valence-electron chi connectivity index (χ4n) is 4.85. The Labute approximate surface area is 197 Å². The standard InChI is InChI=1S/C25H27N7O2/c33-25(18-6-7-20-21(12-18)27-16-26-20)28-19-8-10-31(11-9-19)13-22-23-15-34-24(14-32(23)30-29-22)17-4-2-1-3-5-17/h1-7,12,16,19,24H,8-11,13-15H2,(H,26,27)(H,28,33)/t24-/m0/s1. The van der Waals surface area contributed by atoms with Crippen LogP contribution in [0.2, 0.25) is 0 Å². The van der Waals surface area contributed by atoms with E-state index in [2.05, 4.69) is 42.6 Å². The molecule has 4 aromatic rings. The summed E-state index contributed by atoms with van der Waals surface area (Å²) in [4.78, 5) is 22.4. The van der Waals surface area contributed by atoms with Crippen LogP contribution in [0.5, 0.6) is 0 Å². The molecule has 174 valence electrons. The molecule has 1 fully saturated rings. The molecule has 2 aromatic heterocycles. The molecule has 0 saturated carbocycles. The zero-order valence-corrected chi connectivity index (χ0v) is 18.9. The zero-order chi connectivity index (χ0) is 22.9. The molecule has 0 unspecified atom stereocenters. The molecule has 2 aliphatic heterocycles. The van der Waals surface area contributed by atoms with Crippen LogP contribution in [0, 0.1) is 0 Å². The first-order valence-electron chi connectivity index (χ1n) is 11.8. The summed E-state index contributed by atoms with van der Waals surface area (Å²) in [6.45, 7) is 3.78. The molecule has 1 amide bonds. The number of imidazole rings is 1. The van der Waals surface area contributed by atoms with E-state index < -0.39 is 0 Å². The van der Waals surface area contributed by atoms with Gasteiger partial charge in [-0.05, 0) is 36.6 Å². The molecule has 6 rings (SSSR count). The molecule has 1 atom stereocenters. The van der Waals surface area contributed by atoms with E-state index in [1.807, 2.05) is 41.1 Å². The van der Waals surface area contributed by atoms with E-state index in [-0.39, 0.29) is 18.1 Å². The van der Waals surface area contributed by atoms with Crippen LogP contribution < -0.4 is 5.32 Å². The van der Waals surface area contributed by atoms with Crippen molar-refractivity contribution in [2.75, 3.05) is 13.1 Å². The fourth-order valence-corrected chi connectivity index (χ4v) is 4.85. The lowest BCUT2D eigenvalue weighted by molar-refractivity contribution is -0.00216. The Morgan fingerprint density at radius 2 is 2.00 bits per heavy atom. The number of likely N-dealkylation sites (tertiary alicyclic amines) is 1. The Balaban J connectivity index is 1.03. The third-order valence-corrected chi connectivity index (χ3v) is 6.83. The highest BCUT2D eigenvalue weighted by Gasteiger charge is 2.27. The second-order valence-electron chi connectivity index (χ2n) is 9.03. The Hall–Kier alpha value is -3.56. The van der Waals surface area contributed by atoms with Crippen LogP contribution in [-0.2, 0) is 24.4 Å². The molecular formula is C25H27N7O2. The van der Waals surface area contributed by atoms with Crippen molar-refractivity contribution in [1.82, 2.24) is 35.2 Å². The number of nitrogens with one attached hydrogen (secondary N) is 2. The van der Waals surface area contributed by atoms with Crippen molar-refractivity contribution in [3.8, 4) is 0 Å². The number of fused-ring (bicyclic) bond motifs is 2. The summed E-state index contributed by atoms with van der Waals surface area (Å²) in [7, 11) is 0. The third kappa shape index (κ3) is 4.20. The summed E-state index contributed by atoms with van der Waals surface area (Å²) in [5.41, 5.74) is 5.61. The summed E-state index contributed by atoms with van der Waals surface area (Å²) >= 11 is 0. The second-order valence-corrected chi connectivity index (χ2v) is 9.03. The molecule has 0 spiro atoms. The van der Waals surface area contributed by atoms with E-state index in [0.717, 1.165) is 54.9 Å². The van der Waals surface area contributed by atoms with Crippen LogP contribution in [-0.4, -0.2) is 54.9 Å². The SMILES string of the molecule is O=C(NC1CCN(Cc2nnn3c2CO[C@H](c2ccccc2)C3)CC1)c1ccc2nc[nH]c2c1. The number of piperidine rings is 1. The van der Waals surface area contributed by atoms with Crippen molar-refractivity contribution in [3.63, 3.8) is 0 Å². The summed E-state index contributed by atoms with van der Waals surface area (Å²) in [6, 6.07) is 16.0. The summed E-state index contributed by atoms with van der Waals surface area (Å²) in [6.07, 6.45) is 3.47. The Bertz CT molecular complexity index is 1290. The normalized spacial score (nSPS) is 19.2. The Morgan fingerprint density at radius 3 is 2.85 bits per heavy atom. The van der Waals surface area contributed by atoms with Gasteiger partial charge in [-0.2, -0.15) is 0 Å². The molecule has 0 bridgehead atoms. The van der Waals surface area contributed by atoms with E-state index in [9.17, 15) is 4.79 Å². The zero-order valence-electron chi connectivity index (χ0n) is 18.9. The predicted molar refractivity (Wildman–Crippen MR) is 126 cm³/mol. The van der Waals surface area contributed by atoms with E-state index in [1.165, 1.54) is 5.56 Å². The Morgan fingerprint density at radius 1 is 1.15 bits per heavy atom. The minimum Gasteiger partial charge on any atom is -0.365 e. The highest BCUT2D eigenvalue weighted by Crippen LogP contribution is 2.27. The summed E-state index contributed by atoms with van der Waals surface area (Å²) in [5.74, 6) is -0.0348. The summed E-state index contributed by atoms with van der Waals surface area (Å²) in [5, 5.41) is 12.1. The van der Waals surface area contributed by atoms with Crippen molar-refractivity contribution >= 4 is 16.9 Å². The number of amides is 1. The number of carbonyl (C=O) groups is 1. The van der Waals surface area contributed by atoms with Crippen molar-refractivity contribution in [2.45, 2.75) is 44.7 Å². The first-order chi connectivity index (χ1) is 16.7. The highest BCUT2D eigenvalue weighted by molar-refractivity contribution is 5.97. The maximum atomic E-state index is 12.7. The topological polar surface area (TPSA) is 101 Å². The van der Waals surface area contributed by atoms with Crippen molar-refractivity contribution in [1.29, 1.82) is 0 Å². The maximum absolute atomic E-state index is 12.7. The number of carbonyl (C=O) groups excluding carboxylic acids is 1. The average molecular weight is 458 g/mol. The molecule has 9 heteroatoms. The molecule has 2 N–H and O–H groups in total. The molecule has 2 aromatic carbocycles. The number of nitrogens with zero attached hydrogens (tertiary/aromatic N) is 5. The fraction of sp³-hybridized carbons (Fsp3) is 0.360. The lowest BCUT2D eigenvalue weighted by Crippen LogP contribution is -2.44. The van der Waals surface area contributed by atoms with Gasteiger partial charge >= 0.3 is 0 Å². The molecule has 9 nitrogen and oxygen atoms in total. The Kier molecular flexibility index (Phi) is 5.56. The first kappa shape index (κ1) is 21.0. The van der Waals surface area contributed by atoms with E-state index in [1.54, 1.807) is 6.33 Å². The van der Waals surface area contributed by atoms with Gasteiger partial charge in [0.15, 0.2) is 0 Å². The van der Waals surface area contributed by atoms with E-state index in [0.29, 0.717) is 18.7 Å². The molecular weight excluding hydrogens is 430 g/mol. The largest absolute Gasteiger partial charge is 0.365 e. The quantitative estimate of drug-likeness (QED) is 0.478. The minimum atomic E-state index is -0.0348. The lowest BCUT2D eigenvalue weighted by Gasteiger charge is -2.32. The maximum Gasteiger partial charge on any atom is 0.251 e. The van der Waals surface area contributed by atoms with Gasteiger partial charge < -0.3 is 15.0 Å². The van der Waals surface area contributed by atoms with Crippen LogP contribution in [0.1, 0.15) is 46.3 Å². The van der Waals surface area contributed by atoms with Crippen LogP contribution in [0.25, 0.3) is 11.0 Å². The number of rotatable bonds is 5. The summed E-state index contributed by atoms with van der Waals surface area (Å²) < 4.78 is 8.12. The molecule has 0 aliphatic carbocycles. The van der Waals surface area contributed by atoms with Gasteiger partial charge in [-0.1, -0.05) is 35.5 Å². The molecule has 1 saturated heterocycles. The minimum absolute atomic E-state index is 0.0107. The number of benzene rings is 2. The van der Waals surface area contributed by atoms with Crippen LogP contribution in [0.4, 0.5) is 0 Å². The van der Waals surface area contributed by atoms with Crippen molar-refractivity contribution in [2.24, 2.45) is 0 Å².